The fourth-order valence-corrected chi connectivity index (χ4v) is 4.05. The van der Waals surface area contributed by atoms with Gasteiger partial charge in [0.15, 0.2) is 5.75 Å². The van der Waals surface area contributed by atoms with Crippen LogP contribution in [-0.4, -0.2) is 38.8 Å². The van der Waals surface area contributed by atoms with E-state index in [9.17, 15) is 9.90 Å². The summed E-state index contributed by atoms with van der Waals surface area (Å²) in [7, 11) is 1.52. The molecule has 0 aliphatic rings. The maximum Gasteiger partial charge on any atom is 0.307 e. The van der Waals surface area contributed by atoms with E-state index in [-0.39, 0.29) is 30.6 Å². The third kappa shape index (κ3) is 4.79. The SMILES string of the molecule is COc1c(-c2ccc3c(c2)c(COc2ccccc2CC(=O)O)nn3C(C)C)ccnc1C(=N)N. The molecule has 0 bridgehead atoms. The standard InChI is InChI=1S/C26H27N5O4/c1-15(2)31-21-9-8-16(18-10-11-29-24(26(27)28)25(18)34-3)12-19(21)20(30-31)14-35-22-7-5-4-6-17(22)13-23(32)33/h4-12,15H,13-14H2,1-3H3,(H3,27,28)(H,32,33). The summed E-state index contributed by atoms with van der Waals surface area (Å²) < 4.78 is 13.5. The molecule has 0 radical (unpaired) electrons. The number of aromatic nitrogens is 3. The van der Waals surface area contributed by atoms with Gasteiger partial charge >= 0.3 is 5.97 Å². The van der Waals surface area contributed by atoms with Crippen molar-refractivity contribution in [3.63, 3.8) is 0 Å². The highest BCUT2D eigenvalue weighted by molar-refractivity contribution is 5.98. The van der Waals surface area contributed by atoms with Crippen LogP contribution in [0, 0.1) is 5.41 Å². The number of nitrogens with one attached hydrogen (secondary N) is 1. The molecule has 0 saturated heterocycles. The number of amidine groups is 1. The van der Waals surface area contributed by atoms with Crippen LogP contribution in [0.3, 0.4) is 0 Å². The van der Waals surface area contributed by atoms with Gasteiger partial charge in [0.2, 0.25) is 0 Å². The first-order chi connectivity index (χ1) is 16.8. The molecule has 0 atom stereocenters. The Kier molecular flexibility index (Phi) is 6.68. The Morgan fingerprint density at radius 3 is 2.66 bits per heavy atom. The first-order valence-corrected chi connectivity index (χ1v) is 11.1. The predicted octanol–water partition coefficient (Wildman–Crippen LogP) is 4.18. The number of pyridine rings is 1. The minimum absolute atomic E-state index is 0.121. The molecule has 35 heavy (non-hydrogen) atoms. The lowest BCUT2D eigenvalue weighted by Gasteiger charge is -2.13. The molecular formula is C26H27N5O4. The molecule has 4 rings (SSSR count). The molecule has 2 aromatic carbocycles. The zero-order valence-electron chi connectivity index (χ0n) is 19.8. The van der Waals surface area contributed by atoms with E-state index in [2.05, 4.69) is 18.8 Å². The number of benzene rings is 2. The largest absolute Gasteiger partial charge is 0.494 e. The highest BCUT2D eigenvalue weighted by Gasteiger charge is 2.18. The summed E-state index contributed by atoms with van der Waals surface area (Å²) in [5, 5.41) is 22.7. The summed E-state index contributed by atoms with van der Waals surface area (Å²) in [5.74, 6) is -0.154. The lowest BCUT2D eigenvalue weighted by atomic mass is 10.0. The van der Waals surface area contributed by atoms with E-state index >= 15 is 0 Å². The van der Waals surface area contributed by atoms with Gasteiger partial charge in [0.05, 0.1) is 19.0 Å². The molecule has 2 heterocycles. The molecule has 9 heteroatoms. The number of para-hydroxylation sites is 1. The fraction of sp³-hybridized carbons (Fsp3) is 0.231. The number of carboxylic acids is 1. The number of nitrogens with zero attached hydrogens (tertiary/aromatic N) is 3. The summed E-state index contributed by atoms with van der Waals surface area (Å²) in [6.07, 6.45) is 1.47. The molecule has 0 fully saturated rings. The first kappa shape index (κ1) is 23.7. The molecule has 9 nitrogen and oxygen atoms in total. The second kappa shape index (κ2) is 9.84. The van der Waals surface area contributed by atoms with Crippen molar-refractivity contribution in [1.29, 1.82) is 5.41 Å². The van der Waals surface area contributed by atoms with Crippen molar-refractivity contribution < 1.29 is 19.4 Å². The van der Waals surface area contributed by atoms with Crippen molar-refractivity contribution in [2.45, 2.75) is 32.9 Å². The van der Waals surface area contributed by atoms with Crippen molar-refractivity contribution in [3.05, 3.63) is 71.7 Å². The van der Waals surface area contributed by atoms with Crippen LogP contribution in [-0.2, 0) is 17.8 Å². The van der Waals surface area contributed by atoms with Crippen LogP contribution >= 0.6 is 0 Å². The van der Waals surface area contributed by atoms with Crippen LogP contribution in [0.4, 0.5) is 0 Å². The van der Waals surface area contributed by atoms with Gasteiger partial charge in [0.1, 0.15) is 29.6 Å². The minimum Gasteiger partial charge on any atom is -0.494 e. The number of ether oxygens (including phenoxy) is 2. The fourth-order valence-electron chi connectivity index (χ4n) is 4.05. The third-order valence-corrected chi connectivity index (χ3v) is 5.63. The number of carboxylic acid groups (broad SMARTS) is 1. The predicted molar refractivity (Wildman–Crippen MR) is 133 cm³/mol. The Balaban J connectivity index is 1.77. The molecule has 0 aliphatic heterocycles. The first-order valence-electron chi connectivity index (χ1n) is 11.1. The Bertz CT molecular complexity index is 1410. The number of aliphatic carboxylic acids is 1. The van der Waals surface area contributed by atoms with E-state index in [4.69, 9.17) is 25.7 Å². The lowest BCUT2D eigenvalue weighted by molar-refractivity contribution is -0.136. The number of nitrogens with two attached hydrogens (primary N) is 1. The van der Waals surface area contributed by atoms with E-state index in [1.165, 1.54) is 7.11 Å². The Hall–Kier alpha value is -4.40. The number of carbonyl (C=O) groups is 1. The van der Waals surface area contributed by atoms with E-state index in [0.717, 1.165) is 27.7 Å². The number of fused-ring (bicyclic) bond motifs is 1. The maximum absolute atomic E-state index is 11.2. The van der Waals surface area contributed by atoms with Crippen LogP contribution in [0.25, 0.3) is 22.0 Å². The topological polar surface area (TPSA) is 136 Å². The molecule has 0 saturated carbocycles. The highest BCUT2D eigenvalue weighted by Crippen LogP contribution is 2.35. The van der Waals surface area contributed by atoms with Crippen molar-refractivity contribution in [2.24, 2.45) is 5.73 Å². The second-order valence-electron chi connectivity index (χ2n) is 8.34. The van der Waals surface area contributed by atoms with Crippen LogP contribution in [0.15, 0.2) is 54.7 Å². The number of methoxy groups -OCH3 is 1. The molecule has 4 N–H and O–H groups in total. The monoisotopic (exact) mass is 473 g/mol. The summed E-state index contributed by atoms with van der Waals surface area (Å²) in [6, 6.07) is 15.0. The highest BCUT2D eigenvalue weighted by atomic mass is 16.5. The van der Waals surface area contributed by atoms with E-state index < -0.39 is 5.97 Å². The summed E-state index contributed by atoms with van der Waals surface area (Å²) in [4.78, 5) is 15.4. The van der Waals surface area contributed by atoms with E-state index in [1.54, 1.807) is 24.4 Å². The van der Waals surface area contributed by atoms with Gasteiger partial charge in [0.25, 0.3) is 0 Å². The average molecular weight is 474 g/mol. The Morgan fingerprint density at radius 2 is 1.97 bits per heavy atom. The minimum atomic E-state index is -0.920. The van der Waals surface area contributed by atoms with Crippen molar-refractivity contribution in [3.8, 4) is 22.6 Å². The van der Waals surface area contributed by atoms with Crippen LogP contribution in [0.2, 0.25) is 0 Å². The van der Waals surface area contributed by atoms with Crippen molar-refractivity contribution in [2.75, 3.05) is 7.11 Å². The Labute approximate surface area is 202 Å². The zero-order valence-corrected chi connectivity index (χ0v) is 19.8. The van der Waals surface area contributed by atoms with E-state index in [0.29, 0.717) is 17.1 Å². The van der Waals surface area contributed by atoms with Crippen LogP contribution in [0.1, 0.15) is 36.8 Å². The third-order valence-electron chi connectivity index (χ3n) is 5.63. The molecule has 2 aromatic heterocycles. The van der Waals surface area contributed by atoms with E-state index in [1.807, 2.05) is 35.0 Å². The molecule has 0 amide bonds. The molecule has 0 spiro atoms. The van der Waals surface area contributed by atoms with Crippen LogP contribution in [0.5, 0.6) is 11.5 Å². The summed E-state index contributed by atoms with van der Waals surface area (Å²) >= 11 is 0. The number of hydrogen-bond donors (Lipinski definition) is 3. The van der Waals surface area contributed by atoms with Crippen molar-refractivity contribution in [1.82, 2.24) is 14.8 Å². The quantitative estimate of drug-likeness (QED) is 0.245. The normalized spacial score (nSPS) is 11.1. The van der Waals surface area contributed by atoms with Gasteiger partial charge in [-0.25, -0.2) is 4.98 Å². The zero-order chi connectivity index (χ0) is 25.1. The second-order valence-corrected chi connectivity index (χ2v) is 8.34. The number of hydrogen-bond acceptors (Lipinski definition) is 6. The molecule has 0 aliphatic carbocycles. The van der Waals surface area contributed by atoms with Gasteiger partial charge in [-0.2, -0.15) is 5.10 Å². The lowest BCUT2D eigenvalue weighted by Crippen LogP contribution is -2.15. The smallest absolute Gasteiger partial charge is 0.307 e. The van der Waals surface area contributed by atoms with Crippen molar-refractivity contribution >= 4 is 22.7 Å². The van der Waals surface area contributed by atoms with Gasteiger partial charge in [-0.3, -0.25) is 14.9 Å². The van der Waals surface area contributed by atoms with Gasteiger partial charge in [-0.15, -0.1) is 0 Å². The maximum atomic E-state index is 11.2. The Morgan fingerprint density at radius 1 is 1.20 bits per heavy atom. The van der Waals surface area contributed by atoms with Gasteiger partial charge in [-0.05, 0) is 43.7 Å². The molecule has 0 unspecified atom stereocenters. The summed E-state index contributed by atoms with van der Waals surface area (Å²) in [6.45, 7) is 4.28. The van der Waals surface area contributed by atoms with Gasteiger partial charge < -0.3 is 20.3 Å². The van der Waals surface area contributed by atoms with Gasteiger partial charge in [-0.1, -0.05) is 24.3 Å². The number of nitrogen functional groups attached to an aromatic ring is 1. The molecular weight excluding hydrogens is 446 g/mol. The molecule has 180 valence electrons. The summed E-state index contributed by atoms with van der Waals surface area (Å²) in [5.41, 5.74) is 9.86. The van der Waals surface area contributed by atoms with Crippen LogP contribution < -0.4 is 15.2 Å². The number of rotatable bonds is 9. The molecule has 4 aromatic rings. The average Bonchev–Trinajstić information content (AvgIpc) is 3.20. The van der Waals surface area contributed by atoms with Gasteiger partial charge in [0, 0.05) is 28.8 Å².